The maximum atomic E-state index is 12.1. The first-order valence-electron chi connectivity index (χ1n) is 8.79. The fourth-order valence-corrected chi connectivity index (χ4v) is 3.21. The van der Waals surface area contributed by atoms with Gasteiger partial charge in [-0.1, -0.05) is 24.3 Å². The van der Waals surface area contributed by atoms with Gasteiger partial charge in [-0.15, -0.1) is 0 Å². The minimum Gasteiger partial charge on any atom is -0.373 e. The number of hydrogen-bond donors (Lipinski definition) is 1. The molecule has 1 aliphatic rings. The van der Waals surface area contributed by atoms with Crippen molar-refractivity contribution < 1.29 is 9.53 Å². The van der Waals surface area contributed by atoms with Crippen LogP contribution in [0.5, 0.6) is 0 Å². The van der Waals surface area contributed by atoms with Crippen molar-refractivity contribution >= 4 is 5.91 Å². The largest absolute Gasteiger partial charge is 0.373 e. The van der Waals surface area contributed by atoms with E-state index in [4.69, 9.17) is 4.74 Å². The van der Waals surface area contributed by atoms with Crippen LogP contribution in [-0.2, 0) is 18.2 Å². The Morgan fingerprint density at radius 3 is 2.96 bits per heavy atom. The molecule has 25 heavy (non-hydrogen) atoms. The molecule has 0 saturated heterocycles. The predicted octanol–water partition coefficient (Wildman–Crippen LogP) is 2.60. The molecule has 0 spiro atoms. The van der Waals surface area contributed by atoms with E-state index in [1.54, 1.807) is 19.3 Å². The summed E-state index contributed by atoms with van der Waals surface area (Å²) < 4.78 is 7.44. The summed E-state index contributed by atoms with van der Waals surface area (Å²) in [4.78, 5) is 23.4. The SMILES string of the molecule is Cn1cc(C(=O)NCCCO[C@@H]2CCCc3ccccc32)ccc1=O. The Hall–Kier alpha value is -2.40. The van der Waals surface area contributed by atoms with E-state index in [9.17, 15) is 9.59 Å². The van der Waals surface area contributed by atoms with Gasteiger partial charge in [0.15, 0.2) is 0 Å². The molecule has 1 aromatic heterocycles. The number of rotatable bonds is 6. The number of hydrogen-bond acceptors (Lipinski definition) is 3. The summed E-state index contributed by atoms with van der Waals surface area (Å²) in [5.41, 5.74) is 3.06. The number of carbonyl (C=O) groups excluding carboxylic acids is 1. The van der Waals surface area contributed by atoms with Gasteiger partial charge in [0, 0.05) is 32.5 Å². The number of nitrogens with one attached hydrogen (secondary N) is 1. The van der Waals surface area contributed by atoms with Gasteiger partial charge in [0.2, 0.25) is 5.56 Å². The molecule has 1 amide bonds. The topological polar surface area (TPSA) is 60.3 Å². The van der Waals surface area contributed by atoms with Gasteiger partial charge in [0.05, 0.1) is 11.7 Å². The van der Waals surface area contributed by atoms with Gasteiger partial charge in [0.1, 0.15) is 0 Å². The molecule has 1 atom stereocenters. The molecule has 0 bridgehead atoms. The van der Waals surface area contributed by atoms with Crippen molar-refractivity contribution in [1.82, 2.24) is 9.88 Å². The Kier molecular flexibility index (Phi) is 5.66. The molecule has 1 aliphatic carbocycles. The molecule has 1 N–H and O–H groups in total. The molecule has 5 heteroatoms. The summed E-state index contributed by atoms with van der Waals surface area (Å²) in [5.74, 6) is -0.168. The maximum absolute atomic E-state index is 12.1. The summed E-state index contributed by atoms with van der Waals surface area (Å²) in [5, 5.41) is 2.87. The highest BCUT2D eigenvalue weighted by Crippen LogP contribution is 2.32. The molecule has 1 heterocycles. The van der Waals surface area contributed by atoms with E-state index < -0.39 is 0 Å². The average Bonchev–Trinajstić information content (AvgIpc) is 2.63. The Morgan fingerprint density at radius 1 is 1.28 bits per heavy atom. The fraction of sp³-hybridized carbons (Fsp3) is 0.400. The summed E-state index contributed by atoms with van der Waals surface area (Å²) in [6.07, 6.45) is 5.82. The number of nitrogens with zero attached hydrogens (tertiary/aromatic N) is 1. The molecule has 0 unspecified atom stereocenters. The molecule has 0 fully saturated rings. The maximum Gasteiger partial charge on any atom is 0.252 e. The third kappa shape index (κ3) is 4.37. The highest BCUT2D eigenvalue weighted by Gasteiger charge is 2.19. The lowest BCUT2D eigenvalue weighted by Gasteiger charge is -2.25. The second kappa shape index (κ2) is 8.12. The van der Waals surface area contributed by atoms with Gasteiger partial charge in [-0.2, -0.15) is 0 Å². The van der Waals surface area contributed by atoms with Gasteiger partial charge in [-0.05, 0) is 42.9 Å². The zero-order chi connectivity index (χ0) is 17.6. The van der Waals surface area contributed by atoms with Crippen LogP contribution in [0.25, 0.3) is 0 Å². The number of carbonyl (C=O) groups is 1. The van der Waals surface area contributed by atoms with Crippen molar-refractivity contribution in [2.45, 2.75) is 31.8 Å². The number of aryl methyl sites for hydroxylation is 2. The van der Waals surface area contributed by atoms with E-state index in [0.717, 1.165) is 25.7 Å². The van der Waals surface area contributed by atoms with Crippen LogP contribution in [-0.4, -0.2) is 23.6 Å². The van der Waals surface area contributed by atoms with Gasteiger partial charge in [-0.3, -0.25) is 9.59 Å². The molecule has 0 aliphatic heterocycles. The van der Waals surface area contributed by atoms with Crippen molar-refractivity contribution in [3.05, 3.63) is 69.6 Å². The van der Waals surface area contributed by atoms with Crippen molar-refractivity contribution in [3.63, 3.8) is 0 Å². The van der Waals surface area contributed by atoms with Crippen LogP contribution >= 0.6 is 0 Å². The molecule has 132 valence electrons. The highest BCUT2D eigenvalue weighted by molar-refractivity contribution is 5.93. The molecule has 3 rings (SSSR count). The van der Waals surface area contributed by atoms with E-state index >= 15 is 0 Å². The predicted molar refractivity (Wildman–Crippen MR) is 96.7 cm³/mol. The standard InChI is InChI=1S/C20H24N2O3/c1-22-14-16(10-11-19(22)23)20(24)21-12-5-13-25-18-9-4-7-15-6-2-3-8-17(15)18/h2-3,6,8,10-11,14,18H,4-5,7,9,12-13H2,1H3,(H,21,24)/t18-/m1/s1. The number of ether oxygens (including phenoxy) is 1. The van der Waals surface area contributed by atoms with Crippen LogP contribution in [0.3, 0.4) is 0 Å². The Labute approximate surface area is 147 Å². The number of amides is 1. The zero-order valence-electron chi connectivity index (χ0n) is 14.5. The summed E-state index contributed by atoms with van der Waals surface area (Å²) >= 11 is 0. The Balaban J connectivity index is 1.43. The molecule has 2 aromatic rings. The third-order valence-corrected chi connectivity index (χ3v) is 4.59. The van der Waals surface area contributed by atoms with Gasteiger partial charge in [-0.25, -0.2) is 0 Å². The number of fused-ring (bicyclic) bond motifs is 1. The van der Waals surface area contributed by atoms with Crippen LogP contribution in [0, 0.1) is 0 Å². The first kappa shape index (κ1) is 17.4. The number of benzene rings is 1. The first-order valence-corrected chi connectivity index (χ1v) is 8.79. The van der Waals surface area contributed by atoms with Crippen LogP contribution in [0.1, 0.15) is 46.9 Å². The average molecular weight is 340 g/mol. The Morgan fingerprint density at radius 2 is 2.12 bits per heavy atom. The van der Waals surface area contributed by atoms with Crippen LogP contribution in [0.2, 0.25) is 0 Å². The number of aromatic nitrogens is 1. The molecule has 0 saturated carbocycles. The minimum absolute atomic E-state index is 0.127. The first-order chi connectivity index (χ1) is 12.1. The highest BCUT2D eigenvalue weighted by atomic mass is 16.5. The van der Waals surface area contributed by atoms with Gasteiger partial charge >= 0.3 is 0 Å². The van der Waals surface area contributed by atoms with Crippen LogP contribution in [0.4, 0.5) is 0 Å². The molecule has 0 radical (unpaired) electrons. The van der Waals surface area contributed by atoms with Crippen molar-refractivity contribution in [2.24, 2.45) is 7.05 Å². The van der Waals surface area contributed by atoms with Crippen molar-refractivity contribution in [1.29, 1.82) is 0 Å². The van der Waals surface area contributed by atoms with E-state index in [0.29, 0.717) is 18.7 Å². The van der Waals surface area contributed by atoms with Crippen molar-refractivity contribution in [3.8, 4) is 0 Å². The monoisotopic (exact) mass is 340 g/mol. The van der Waals surface area contributed by atoms with E-state index in [1.807, 2.05) is 0 Å². The second-order valence-electron chi connectivity index (χ2n) is 6.43. The quantitative estimate of drug-likeness (QED) is 0.822. The molecule has 5 nitrogen and oxygen atoms in total. The van der Waals surface area contributed by atoms with Crippen LogP contribution < -0.4 is 10.9 Å². The summed E-state index contributed by atoms with van der Waals surface area (Å²) in [7, 11) is 1.63. The minimum atomic E-state index is -0.168. The van der Waals surface area contributed by atoms with E-state index in [2.05, 4.69) is 29.6 Å². The Bertz CT molecular complexity index is 798. The van der Waals surface area contributed by atoms with Crippen LogP contribution in [0.15, 0.2) is 47.4 Å². The van der Waals surface area contributed by atoms with Crippen molar-refractivity contribution in [2.75, 3.05) is 13.2 Å². The fourth-order valence-electron chi connectivity index (χ4n) is 3.21. The smallest absolute Gasteiger partial charge is 0.252 e. The third-order valence-electron chi connectivity index (χ3n) is 4.59. The summed E-state index contributed by atoms with van der Waals surface area (Å²) in [6.45, 7) is 1.17. The normalized spacial score (nSPS) is 16.3. The molecular formula is C20H24N2O3. The van der Waals surface area contributed by atoms with Gasteiger partial charge < -0.3 is 14.6 Å². The second-order valence-corrected chi connectivity index (χ2v) is 6.43. The zero-order valence-corrected chi connectivity index (χ0v) is 14.5. The summed E-state index contributed by atoms with van der Waals surface area (Å²) in [6, 6.07) is 11.4. The lowest BCUT2D eigenvalue weighted by atomic mass is 9.89. The van der Waals surface area contributed by atoms with E-state index in [1.165, 1.54) is 21.8 Å². The lowest BCUT2D eigenvalue weighted by Crippen LogP contribution is -2.27. The lowest BCUT2D eigenvalue weighted by molar-refractivity contribution is 0.0393. The number of pyridine rings is 1. The van der Waals surface area contributed by atoms with Gasteiger partial charge in [0.25, 0.3) is 5.91 Å². The van der Waals surface area contributed by atoms with E-state index in [-0.39, 0.29) is 17.6 Å². The molecule has 1 aromatic carbocycles. The molecular weight excluding hydrogens is 316 g/mol.